The van der Waals surface area contributed by atoms with E-state index >= 15 is 0 Å². The molecule has 0 aliphatic carbocycles. The number of hydrogen-bond acceptors (Lipinski definition) is 4. The van der Waals surface area contributed by atoms with Gasteiger partial charge in [0.15, 0.2) is 0 Å². The van der Waals surface area contributed by atoms with Crippen LogP contribution in [0.3, 0.4) is 0 Å². The van der Waals surface area contributed by atoms with Crippen LogP contribution in [0.2, 0.25) is 0 Å². The number of nitrogens with zero attached hydrogens (tertiary/aromatic N) is 2. The monoisotopic (exact) mass is 394 g/mol. The first-order valence-electron chi connectivity index (χ1n) is 6.71. The maximum Gasteiger partial charge on any atom is 0.310 e. The molecule has 0 spiro atoms. The molecule has 1 heterocycles. The van der Waals surface area contributed by atoms with Gasteiger partial charge in [-0.3, -0.25) is 19.7 Å². The molecule has 138 valence electrons. The van der Waals surface area contributed by atoms with E-state index in [0.717, 1.165) is 0 Å². The van der Waals surface area contributed by atoms with Crippen molar-refractivity contribution in [3.8, 4) is 0 Å². The molecule has 2 aromatic carbocycles. The standard InChI is InChI=1S/C14H7F5N2O4S/c15-26(16,17,18,19)8-5-6-11(21(24)25)12(7-8)20-13(22)9-3-1-2-4-10(9)14(20)23/h1-7H. The second-order valence-electron chi connectivity index (χ2n) is 5.37. The minimum absolute atomic E-state index is 0.0931. The Bertz CT molecular complexity index is 972. The fraction of sp³-hybridized carbons (Fsp3) is 0. The third kappa shape index (κ3) is 2.77. The SMILES string of the molecule is O=C1c2ccccc2C(=O)N1c1cc(S(F)(F)(F)(F)F)ccc1[N+](=O)[O-]. The first kappa shape index (κ1) is 17.8. The summed E-state index contributed by atoms with van der Waals surface area (Å²) < 4.78 is 65.2. The van der Waals surface area contributed by atoms with Crippen LogP contribution in [-0.2, 0) is 0 Å². The Balaban J connectivity index is 2.27. The van der Waals surface area contributed by atoms with Crippen molar-refractivity contribution in [1.29, 1.82) is 0 Å². The number of nitro benzene ring substituents is 1. The molecular weight excluding hydrogens is 387 g/mol. The summed E-state index contributed by atoms with van der Waals surface area (Å²) in [5, 5.41) is 11.1. The molecule has 0 atom stereocenters. The lowest BCUT2D eigenvalue weighted by molar-refractivity contribution is -0.384. The van der Waals surface area contributed by atoms with Gasteiger partial charge in [-0.15, -0.1) is 0 Å². The van der Waals surface area contributed by atoms with Crippen molar-refractivity contribution in [2.24, 2.45) is 0 Å². The quantitative estimate of drug-likeness (QED) is 0.316. The lowest BCUT2D eigenvalue weighted by atomic mass is 10.1. The zero-order chi connectivity index (χ0) is 19.6. The highest BCUT2D eigenvalue weighted by molar-refractivity contribution is 8.45. The van der Waals surface area contributed by atoms with Gasteiger partial charge >= 0.3 is 10.2 Å². The van der Waals surface area contributed by atoms with Crippen molar-refractivity contribution >= 4 is 33.4 Å². The molecule has 0 saturated heterocycles. The molecule has 2 amide bonds. The van der Waals surface area contributed by atoms with Crippen LogP contribution in [0.5, 0.6) is 0 Å². The third-order valence-electron chi connectivity index (χ3n) is 3.62. The number of amides is 2. The molecule has 0 N–H and O–H groups in total. The van der Waals surface area contributed by atoms with Crippen LogP contribution in [0.4, 0.5) is 30.8 Å². The van der Waals surface area contributed by atoms with Crippen LogP contribution in [-0.4, -0.2) is 16.7 Å². The average molecular weight is 394 g/mol. The van der Waals surface area contributed by atoms with Crippen LogP contribution >= 0.6 is 10.2 Å². The summed E-state index contributed by atoms with van der Waals surface area (Å²) in [6, 6.07) is 4.90. The van der Waals surface area contributed by atoms with E-state index in [0.29, 0.717) is 0 Å². The number of carbonyl (C=O) groups excluding carboxylic acids is 2. The summed E-state index contributed by atoms with van der Waals surface area (Å²) in [7, 11) is -10.2. The predicted molar refractivity (Wildman–Crippen MR) is 82.1 cm³/mol. The molecule has 3 rings (SSSR count). The average Bonchev–Trinajstić information content (AvgIpc) is 2.76. The minimum atomic E-state index is -10.2. The van der Waals surface area contributed by atoms with Crippen molar-refractivity contribution < 1.29 is 33.9 Å². The zero-order valence-corrected chi connectivity index (χ0v) is 13.2. The Morgan fingerprint density at radius 2 is 1.38 bits per heavy atom. The van der Waals surface area contributed by atoms with Crippen LogP contribution < -0.4 is 4.90 Å². The van der Waals surface area contributed by atoms with E-state index in [2.05, 4.69) is 0 Å². The fourth-order valence-electron chi connectivity index (χ4n) is 2.48. The summed E-state index contributed by atoms with van der Waals surface area (Å²) in [6.07, 6.45) is 0. The van der Waals surface area contributed by atoms with E-state index in [4.69, 9.17) is 0 Å². The number of carbonyl (C=O) groups is 2. The van der Waals surface area contributed by atoms with E-state index in [9.17, 15) is 39.1 Å². The van der Waals surface area contributed by atoms with E-state index in [1.165, 1.54) is 24.3 Å². The molecule has 0 saturated carbocycles. The molecule has 26 heavy (non-hydrogen) atoms. The normalized spacial score (nSPS) is 16.9. The minimum Gasteiger partial charge on any atom is -0.268 e. The Hall–Kier alpha value is -3.02. The maximum atomic E-state index is 13.0. The number of imide groups is 1. The van der Waals surface area contributed by atoms with Crippen molar-refractivity contribution in [3.05, 3.63) is 63.7 Å². The third-order valence-corrected chi connectivity index (χ3v) is 4.77. The summed E-state index contributed by atoms with van der Waals surface area (Å²) in [4.78, 5) is 32.2. The van der Waals surface area contributed by atoms with E-state index in [1.54, 1.807) is 0 Å². The molecule has 0 aromatic heterocycles. The first-order chi connectivity index (χ1) is 11.7. The van der Waals surface area contributed by atoms with Gasteiger partial charge in [-0.25, -0.2) is 4.90 Å². The van der Waals surface area contributed by atoms with Gasteiger partial charge in [0.1, 0.15) is 10.6 Å². The topological polar surface area (TPSA) is 80.5 Å². The Morgan fingerprint density at radius 1 is 0.885 bits per heavy atom. The Labute approximate surface area is 141 Å². The number of benzene rings is 2. The fourth-order valence-corrected chi connectivity index (χ4v) is 3.14. The summed E-state index contributed by atoms with van der Waals surface area (Å²) in [5.41, 5.74) is -2.67. The highest BCUT2D eigenvalue weighted by Crippen LogP contribution is 3.02. The van der Waals surface area contributed by atoms with Gasteiger partial charge in [0.2, 0.25) is 0 Å². The second kappa shape index (κ2) is 4.58. The van der Waals surface area contributed by atoms with Gasteiger partial charge in [0, 0.05) is 6.07 Å². The molecule has 2 aromatic rings. The molecule has 0 unspecified atom stereocenters. The zero-order valence-electron chi connectivity index (χ0n) is 12.4. The van der Waals surface area contributed by atoms with E-state index in [-0.39, 0.29) is 34.2 Å². The van der Waals surface area contributed by atoms with Crippen molar-refractivity contribution in [1.82, 2.24) is 0 Å². The van der Waals surface area contributed by atoms with Gasteiger partial charge in [-0.2, -0.15) is 0 Å². The number of halogens is 5. The Kier molecular flexibility index (Phi) is 3.13. The molecular formula is C14H7F5N2O4S. The smallest absolute Gasteiger partial charge is 0.268 e. The van der Waals surface area contributed by atoms with Crippen LogP contribution in [0.15, 0.2) is 47.4 Å². The molecule has 1 aliphatic heterocycles. The number of fused-ring (bicyclic) bond motifs is 1. The van der Waals surface area contributed by atoms with Crippen molar-refractivity contribution in [2.75, 3.05) is 4.90 Å². The molecule has 12 heteroatoms. The lowest BCUT2D eigenvalue weighted by Crippen LogP contribution is -2.30. The van der Waals surface area contributed by atoms with Gasteiger partial charge in [-0.1, -0.05) is 31.6 Å². The van der Waals surface area contributed by atoms with E-state index in [1.807, 2.05) is 0 Å². The maximum absolute atomic E-state index is 13.0. The Morgan fingerprint density at radius 3 is 1.81 bits per heavy atom. The van der Waals surface area contributed by atoms with Crippen molar-refractivity contribution in [3.63, 3.8) is 0 Å². The molecule has 1 aliphatic rings. The molecule has 0 fully saturated rings. The van der Waals surface area contributed by atoms with Gasteiger partial charge in [-0.05, 0) is 24.3 Å². The molecule has 6 nitrogen and oxygen atoms in total. The second-order valence-corrected chi connectivity index (χ2v) is 7.78. The highest BCUT2D eigenvalue weighted by atomic mass is 32.5. The van der Waals surface area contributed by atoms with Crippen LogP contribution in [0.1, 0.15) is 20.7 Å². The number of hydrogen-bond donors (Lipinski definition) is 0. The van der Waals surface area contributed by atoms with Crippen molar-refractivity contribution in [2.45, 2.75) is 4.90 Å². The van der Waals surface area contributed by atoms with Crippen LogP contribution in [0, 0.1) is 10.1 Å². The summed E-state index contributed by atoms with van der Waals surface area (Å²) in [5.74, 6) is -2.29. The predicted octanol–water partition coefficient (Wildman–Crippen LogP) is 5.05. The highest BCUT2D eigenvalue weighted by Gasteiger charge is 2.66. The molecule has 0 radical (unpaired) electrons. The summed E-state index contributed by atoms with van der Waals surface area (Å²) in [6.45, 7) is 0. The number of rotatable bonds is 3. The van der Waals surface area contributed by atoms with Gasteiger partial charge < -0.3 is 0 Å². The van der Waals surface area contributed by atoms with Gasteiger partial charge in [0.05, 0.1) is 16.1 Å². The number of anilines is 1. The van der Waals surface area contributed by atoms with Gasteiger partial charge in [0.25, 0.3) is 17.5 Å². The lowest BCUT2D eigenvalue weighted by Gasteiger charge is -2.40. The molecule has 0 bridgehead atoms. The summed E-state index contributed by atoms with van der Waals surface area (Å²) >= 11 is 0. The van der Waals surface area contributed by atoms with E-state index < -0.39 is 43.2 Å². The number of nitro groups is 1. The first-order valence-corrected chi connectivity index (χ1v) is 8.66. The largest absolute Gasteiger partial charge is 0.310 e. The van der Waals surface area contributed by atoms with Crippen LogP contribution in [0.25, 0.3) is 0 Å².